The predicted molar refractivity (Wildman–Crippen MR) is 140 cm³/mol. The van der Waals surface area contributed by atoms with Crippen LogP contribution in [0.5, 0.6) is 0 Å². The van der Waals surface area contributed by atoms with Gasteiger partial charge in [0.15, 0.2) is 0 Å². The van der Waals surface area contributed by atoms with Crippen molar-refractivity contribution in [1.29, 1.82) is 0 Å². The zero-order valence-corrected chi connectivity index (χ0v) is 20.4. The van der Waals surface area contributed by atoms with Crippen molar-refractivity contribution in [2.24, 2.45) is 0 Å². The number of nitrogens with one attached hydrogen (secondary N) is 1. The lowest BCUT2D eigenvalue weighted by molar-refractivity contribution is -0.139. The van der Waals surface area contributed by atoms with Gasteiger partial charge in [0.1, 0.15) is 12.1 Å². The first-order valence-electron chi connectivity index (χ1n) is 12.3. The summed E-state index contributed by atoms with van der Waals surface area (Å²) >= 11 is 0. The van der Waals surface area contributed by atoms with E-state index >= 15 is 0 Å². The van der Waals surface area contributed by atoms with Gasteiger partial charge < -0.3 is 10.2 Å². The van der Waals surface area contributed by atoms with Crippen LogP contribution < -0.4 is 5.32 Å². The van der Waals surface area contributed by atoms with E-state index in [0.717, 1.165) is 40.9 Å². The number of urea groups is 1. The van der Waals surface area contributed by atoms with Gasteiger partial charge in [-0.05, 0) is 34.9 Å². The Bertz CT molecular complexity index is 1310. The minimum absolute atomic E-state index is 0.208. The van der Waals surface area contributed by atoms with Crippen LogP contribution in [0, 0.1) is 0 Å². The van der Waals surface area contributed by atoms with Crippen LogP contribution in [0.4, 0.5) is 4.79 Å². The fraction of sp³-hybridized carbons (Fsp3) is 0.276. The second-order valence-corrected chi connectivity index (χ2v) is 9.50. The number of nitrogens with zero attached hydrogens (tertiary/aromatic N) is 3. The average Bonchev–Trinajstić information content (AvgIpc) is 3.13. The van der Waals surface area contributed by atoms with E-state index < -0.39 is 17.5 Å². The molecular weight excluding hydrogens is 452 g/mol. The zero-order chi connectivity index (χ0) is 25.1. The SMILES string of the molecule is CC1(c2ccc3ccccc3c2)NC(=O)N(CC(=O)N2CCN(C/C=C/c3ccccc3)CC2)C1=O. The Labute approximate surface area is 211 Å². The van der Waals surface area contributed by atoms with Crippen molar-refractivity contribution in [2.45, 2.75) is 12.5 Å². The first kappa shape index (κ1) is 23.8. The summed E-state index contributed by atoms with van der Waals surface area (Å²) in [4.78, 5) is 44.2. The van der Waals surface area contributed by atoms with Crippen LogP contribution in [0.2, 0.25) is 0 Å². The molecule has 2 aliphatic heterocycles. The molecule has 0 aliphatic carbocycles. The minimum atomic E-state index is -1.20. The lowest BCUT2D eigenvalue weighted by atomic mass is 9.90. The van der Waals surface area contributed by atoms with E-state index in [1.54, 1.807) is 11.8 Å². The van der Waals surface area contributed by atoms with E-state index in [1.165, 1.54) is 0 Å². The standard InChI is InChI=1S/C29H30N4O3/c1-29(25-14-13-23-11-5-6-12-24(23)20-25)27(35)33(28(36)30-29)21-26(34)32-18-16-31(17-19-32)15-7-10-22-8-3-2-4-9-22/h2-14,20H,15-19,21H2,1H3,(H,30,36)/b10-7+. The Kier molecular flexibility index (Phi) is 6.57. The maximum Gasteiger partial charge on any atom is 0.325 e. The Morgan fingerprint density at radius 2 is 1.61 bits per heavy atom. The monoisotopic (exact) mass is 482 g/mol. The summed E-state index contributed by atoms with van der Waals surface area (Å²) in [6.07, 6.45) is 4.23. The molecule has 1 atom stereocenters. The number of hydrogen-bond donors (Lipinski definition) is 1. The molecule has 0 bridgehead atoms. The van der Waals surface area contributed by atoms with Gasteiger partial charge in [-0.1, -0.05) is 78.9 Å². The highest BCUT2D eigenvalue weighted by molar-refractivity contribution is 6.09. The molecule has 2 heterocycles. The van der Waals surface area contributed by atoms with Gasteiger partial charge in [-0.15, -0.1) is 0 Å². The largest absolute Gasteiger partial charge is 0.339 e. The van der Waals surface area contributed by atoms with Crippen molar-refractivity contribution < 1.29 is 14.4 Å². The molecule has 5 rings (SSSR count). The van der Waals surface area contributed by atoms with Crippen molar-refractivity contribution in [2.75, 3.05) is 39.3 Å². The third kappa shape index (κ3) is 4.75. The van der Waals surface area contributed by atoms with E-state index in [4.69, 9.17) is 0 Å². The van der Waals surface area contributed by atoms with Gasteiger partial charge in [-0.3, -0.25) is 19.4 Å². The summed E-state index contributed by atoms with van der Waals surface area (Å²) in [5.74, 6) is -0.610. The molecule has 0 saturated carbocycles. The Morgan fingerprint density at radius 1 is 0.917 bits per heavy atom. The summed E-state index contributed by atoms with van der Waals surface area (Å²) in [6.45, 7) is 4.91. The van der Waals surface area contributed by atoms with E-state index in [-0.39, 0.29) is 12.5 Å². The molecule has 2 fully saturated rings. The molecule has 36 heavy (non-hydrogen) atoms. The molecule has 1 unspecified atom stereocenters. The van der Waals surface area contributed by atoms with Gasteiger partial charge in [0.05, 0.1) is 0 Å². The molecule has 1 N–H and O–H groups in total. The maximum atomic E-state index is 13.3. The fourth-order valence-electron chi connectivity index (χ4n) is 4.85. The third-order valence-electron chi connectivity index (χ3n) is 7.09. The number of piperazine rings is 1. The van der Waals surface area contributed by atoms with Gasteiger partial charge in [0.25, 0.3) is 5.91 Å². The first-order chi connectivity index (χ1) is 17.4. The van der Waals surface area contributed by atoms with E-state index in [1.807, 2.05) is 60.7 Å². The number of fused-ring (bicyclic) bond motifs is 1. The molecule has 0 aromatic heterocycles. The number of imide groups is 1. The number of hydrogen-bond acceptors (Lipinski definition) is 4. The fourth-order valence-corrected chi connectivity index (χ4v) is 4.85. The van der Waals surface area contributed by atoms with Crippen LogP contribution in [0.3, 0.4) is 0 Å². The predicted octanol–water partition coefficient (Wildman–Crippen LogP) is 3.46. The van der Waals surface area contributed by atoms with Crippen molar-refractivity contribution >= 4 is 34.7 Å². The van der Waals surface area contributed by atoms with Crippen LogP contribution in [0.1, 0.15) is 18.1 Å². The van der Waals surface area contributed by atoms with E-state index in [9.17, 15) is 14.4 Å². The number of rotatable bonds is 6. The lowest BCUT2D eigenvalue weighted by Gasteiger charge is -2.34. The van der Waals surface area contributed by atoms with Gasteiger partial charge in [0.2, 0.25) is 5.91 Å². The smallest absolute Gasteiger partial charge is 0.325 e. The highest BCUT2D eigenvalue weighted by Gasteiger charge is 2.49. The molecule has 3 aromatic carbocycles. The zero-order valence-electron chi connectivity index (χ0n) is 20.4. The minimum Gasteiger partial charge on any atom is -0.339 e. The Morgan fingerprint density at radius 3 is 2.36 bits per heavy atom. The second kappa shape index (κ2) is 9.95. The van der Waals surface area contributed by atoms with Crippen LogP contribution in [-0.4, -0.2) is 71.8 Å². The molecule has 0 spiro atoms. The van der Waals surface area contributed by atoms with Gasteiger partial charge >= 0.3 is 6.03 Å². The number of carbonyl (C=O) groups is 3. The average molecular weight is 483 g/mol. The van der Waals surface area contributed by atoms with Crippen LogP contribution in [0.15, 0.2) is 78.9 Å². The third-order valence-corrected chi connectivity index (χ3v) is 7.09. The molecule has 0 radical (unpaired) electrons. The molecule has 3 aromatic rings. The van der Waals surface area contributed by atoms with Crippen molar-refractivity contribution in [1.82, 2.24) is 20.0 Å². The molecule has 7 nitrogen and oxygen atoms in total. The second-order valence-electron chi connectivity index (χ2n) is 9.50. The molecule has 7 heteroatoms. The lowest BCUT2D eigenvalue weighted by Crippen LogP contribution is -2.52. The summed E-state index contributed by atoms with van der Waals surface area (Å²) in [6, 6.07) is 23.2. The topological polar surface area (TPSA) is 73.0 Å². The first-order valence-corrected chi connectivity index (χ1v) is 12.3. The molecular formula is C29H30N4O3. The molecule has 4 amide bonds. The maximum absolute atomic E-state index is 13.3. The van der Waals surface area contributed by atoms with E-state index in [0.29, 0.717) is 18.7 Å². The quantitative estimate of drug-likeness (QED) is 0.546. The molecule has 184 valence electrons. The number of carbonyl (C=O) groups excluding carboxylic acids is 3. The van der Waals surface area contributed by atoms with Crippen molar-refractivity contribution in [3.8, 4) is 0 Å². The molecule has 2 aliphatic rings. The van der Waals surface area contributed by atoms with Crippen molar-refractivity contribution in [3.63, 3.8) is 0 Å². The normalized spacial score (nSPS) is 20.9. The van der Waals surface area contributed by atoms with Gasteiger partial charge in [-0.2, -0.15) is 0 Å². The summed E-state index contributed by atoms with van der Waals surface area (Å²) in [5, 5.41) is 4.86. The van der Waals surface area contributed by atoms with Gasteiger partial charge in [-0.25, -0.2) is 4.79 Å². The van der Waals surface area contributed by atoms with Crippen molar-refractivity contribution in [3.05, 3.63) is 90.0 Å². The van der Waals surface area contributed by atoms with Crippen LogP contribution in [-0.2, 0) is 15.1 Å². The number of amides is 4. The summed E-state index contributed by atoms with van der Waals surface area (Å²) in [7, 11) is 0. The highest BCUT2D eigenvalue weighted by Crippen LogP contribution is 2.31. The number of benzene rings is 3. The Hall–Kier alpha value is -3.97. The summed E-state index contributed by atoms with van der Waals surface area (Å²) < 4.78 is 0. The highest BCUT2D eigenvalue weighted by atomic mass is 16.2. The summed E-state index contributed by atoms with van der Waals surface area (Å²) in [5.41, 5.74) is 0.660. The van der Waals surface area contributed by atoms with E-state index in [2.05, 4.69) is 34.5 Å². The molecule has 2 saturated heterocycles. The van der Waals surface area contributed by atoms with Gasteiger partial charge in [0, 0.05) is 32.7 Å². The Balaban J connectivity index is 1.18. The van der Waals surface area contributed by atoms with Crippen LogP contribution in [0.25, 0.3) is 16.8 Å². The van der Waals surface area contributed by atoms with Crippen LogP contribution >= 0.6 is 0 Å².